The number of piperidine rings is 1. The molecule has 1 saturated heterocycles. The molecule has 1 aromatic rings. The molecule has 2 nitrogen and oxygen atoms in total. The molecule has 0 bridgehead atoms. The van der Waals surface area contributed by atoms with E-state index in [1.54, 1.807) is 0 Å². The van der Waals surface area contributed by atoms with Gasteiger partial charge in [-0.25, -0.2) is 0 Å². The van der Waals surface area contributed by atoms with E-state index in [2.05, 4.69) is 0 Å². The largest absolute Gasteiger partial charge is 0.391 e. The lowest BCUT2D eigenvalue weighted by atomic mass is 9.96. The van der Waals surface area contributed by atoms with Gasteiger partial charge in [-0.05, 0) is 37.5 Å². The summed E-state index contributed by atoms with van der Waals surface area (Å²) >= 11 is 0. The molecule has 0 aliphatic carbocycles. The van der Waals surface area contributed by atoms with Crippen molar-refractivity contribution >= 4 is 30.5 Å². The Balaban J connectivity index is 0.00000200. The standard InChI is InChI=1S/C14H19F3N2.2ClH/c1-10(18)11-2-4-13(5-3-11)19-8-6-12(7-9-19)14(15,16)17;;/h2-5,10,12H,6-9,18H2,1H3;2*1H. The van der Waals surface area contributed by atoms with E-state index in [4.69, 9.17) is 5.73 Å². The molecule has 1 heterocycles. The van der Waals surface area contributed by atoms with Gasteiger partial charge in [0.2, 0.25) is 0 Å². The van der Waals surface area contributed by atoms with E-state index >= 15 is 0 Å². The monoisotopic (exact) mass is 344 g/mol. The number of nitrogens with two attached hydrogens (primary N) is 1. The minimum atomic E-state index is -4.05. The van der Waals surface area contributed by atoms with Gasteiger partial charge in [0.25, 0.3) is 0 Å². The molecule has 0 radical (unpaired) electrons. The summed E-state index contributed by atoms with van der Waals surface area (Å²) in [4.78, 5) is 2.01. The molecule has 0 amide bonds. The third kappa shape index (κ3) is 5.24. The Bertz CT molecular complexity index is 413. The maximum atomic E-state index is 12.6. The fourth-order valence-corrected chi connectivity index (χ4v) is 2.45. The second-order valence-electron chi connectivity index (χ2n) is 5.18. The summed E-state index contributed by atoms with van der Waals surface area (Å²) < 4.78 is 37.7. The molecule has 122 valence electrons. The number of benzene rings is 1. The van der Waals surface area contributed by atoms with Gasteiger partial charge in [0.15, 0.2) is 0 Å². The SMILES string of the molecule is CC(N)c1ccc(N2CCC(C(F)(F)F)CC2)cc1.Cl.Cl. The summed E-state index contributed by atoms with van der Waals surface area (Å²) in [6, 6.07) is 7.73. The van der Waals surface area contributed by atoms with Gasteiger partial charge < -0.3 is 10.6 Å². The minimum Gasteiger partial charge on any atom is -0.372 e. The highest BCUT2D eigenvalue weighted by Gasteiger charge is 2.41. The summed E-state index contributed by atoms with van der Waals surface area (Å²) in [5, 5.41) is 0. The third-order valence-electron chi connectivity index (χ3n) is 3.74. The summed E-state index contributed by atoms with van der Waals surface area (Å²) in [5.41, 5.74) is 7.78. The smallest absolute Gasteiger partial charge is 0.372 e. The molecule has 2 rings (SSSR count). The Morgan fingerprint density at radius 3 is 1.95 bits per heavy atom. The van der Waals surface area contributed by atoms with E-state index in [1.807, 2.05) is 36.1 Å². The number of hydrogen-bond donors (Lipinski definition) is 1. The van der Waals surface area contributed by atoms with Gasteiger partial charge in [-0.1, -0.05) is 12.1 Å². The fourth-order valence-electron chi connectivity index (χ4n) is 2.45. The average molecular weight is 345 g/mol. The number of hydrogen-bond acceptors (Lipinski definition) is 2. The van der Waals surface area contributed by atoms with E-state index < -0.39 is 12.1 Å². The van der Waals surface area contributed by atoms with Gasteiger partial charge in [-0.3, -0.25) is 0 Å². The zero-order chi connectivity index (χ0) is 14.0. The maximum Gasteiger partial charge on any atom is 0.391 e. The van der Waals surface area contributed by atoms with Gasteiger partial charge in [0.05, 0.1) is 5.92 Å². The van der Waals surface area contributed by atoms with Gasteiger partial charge in [0, 0.05) is 24.8 Å². The Morgan fingerprint density at radius 1 is 1.10 bits per heavy atom. The Labute approximate surface area is 135 Å². The van der Waals surface area contributed by atoms with Crippen molar-refractivity contribution in [1.29, 1.82) is 0 Å². The van der Waals surface area contributed by atoms with Crippen LogP contribution in [-0.4, -0.2) is 19.3 Å². The van der Waals surface area contributed by atoms with Crippen molar-refractivity contribution in [3.8, 4) is 0 Å². The Hall–Kier alpha value is -0.650. The van der Waals surface area contributed by atoms with E-state index in [-0.39, 0.29) is 43.7 Å². The van der Waals surface area contributed by atoms with Crippen molar-refractivity contribution in [3.63, 3.8) is 0 Å². The van der Waals surface area contributed by atoms with Crippen LogP contribution in [0.3, 0.4) is 0 Å². The van der Waals surface area contributed by atoms with Crippen LogP contribution in [0.15, 0.2) is 24.3 Å². The summed E-state index contributed by atoms with van der Waals surface area (Å²) in [6.07, 6.45) is -3.69. The molecule has 2 N–H and O–H groups in total. The van der Waals surface area contributed by atoms with Crippen LogP contribution < -0.4 is 10.6 Å². The highest BCUT2D eigenvalue weighted by atomic mass is 35.5. The van der Waals surface area contributed by atoms with Crippen molar-refractivity contribution in [1.82, 2.24) is 0 Å². The normalized spacial score (nSPS) is 17.7. The molecule has 1 unspecified atom stereocenters. The van der Waals surface area contributed by atoms with Crippen molar-refractivity contribution in [2.75, 3.05) is 18.0 Å². The molecular formula is C14H21Cl2F3N2. The van der Waals surface area contributed by atoms with Crippen LogP contribution in [0, 0.1) is 5.92 Å². The van der Waals surface area contributed by atoms with Crippen LogP contribution in [-0.2, 0) is 0 Å². The highest BCUT2D eigenvalue weighted by Crippen LogP contribution is 2.35. The minimum absolute atomic E-state index is 0. The Morgan fingerprint density at radius 2 is 1.57 bits per heavy atom. The molecule has 0 aromatic heterocycles. The molecule has 0 saturated carbocycles. The first-order valence-electron chi connectivity index (χ1n) is 6.55. The fraction of sp³-hybridized carbons (Fsp3) is 0.571. The second kappa shape index (κ2) is 8.11. The summed E-state index contributed by atoms with van der Waals surface area (Å²) in [6.45, 7) is 2.83. The van der Waals surface area contributed by atoms with Crippen molar-refractivity contribution < 1.29 is 13.2 Å². The lowest BCUT2D eigenvalue weighted by molar-refractivity contribution is -0.179. The van der Waals surface area contributed by atoms with Gasteiger partial charge in [-0.15, -0.1) is 24.8 Å². The predicted molar refractivity (Wildman–Crippen MR) is 84.5 cm³/mol. The van der Waals surface area contributed by atoms with Crippen LogP contribution in [0.2, 0.25) is 0 Å². The Kier molecular flexibility index (Phi) is 7.86. The zero-order valence-corrected chi connectivity index (χ0v) is 13.4. The number of alkyl halides is 3. The number of rotatable bonds is 2. The van der Waals surface area contributed by atoms with E-state index in [9.17, 15) is 13.2 Å². The van der Waals surface area contributed by atoms with Crippen LogP contribution in [0.5, 0.6) is 0 Å². The highest BCUT2D eigenvalue weighted by molar-refractivity contribution is 5.85. The van der Waals surface area contributed by atoms with Crippen molar-refractivity contribution in [2.24, 2.45) is 11.7 Å². The quantitative estimate of drug-likeness (QED) is 0.865. The molecule has 0 spiro atoms. The molecule has 1 atom stereocenters. The topological polar surface area (TPSA) is 29.3 Å². The number of halogens is 5. The van der Waals surface area contributed by atoms with Crippen molar-refractivity contribution in [2.45, 2.75) is 32.0 Å². The average Bonchev–Trinajstić information content (AvgIpc) is 2.38. The van der Waals surface area contributed by atoms with E-state index in [1.165, 1.54) is 0 Å². The molecule has 7 heteroatoms. The van der Waals surface area contributed by atoms with Crippen LogP contribution in [0.1, 0.15) is 31.4 Å². The molecule has 1 aromatic carbocycles. The molecule has 21 heavy (non-hydrogen) atoms. The molecule has 1 aliphatic heterocycles. The van der Waals surface area contributed by atoms with Crippen molar-refractivity contribution in [3.05, 3.63) is 29.8 Å². The first-order chi connectivity index (χ1) is 8.88. The number of anilines is 1. The molecule has 1 fully saturated rings. The predicted octanol–water partition coefficient (Wildman–Crippen LogP) is 4.33. The van der Waals surface area contributed by atoms with Crippen LogP contribution in [0.25, 0.3) is 0 Å². The third-order valence-corrected chi connectivity index (χ3v) is 3.74. The lowest BCUT2D eigenvalue weighted by Gasteiger charge is -2.34. The molecular weight excluding hydrogens is 324 g/mol. The summed E-state index contributed by atoms with van der Waals surface area (Å²) in [7, 11) is 0. The summed E-state index contributed by atoms with van der Waals surface area (Å²) in [5.74, 6) is -1.15. The number of nitrogens with zero attached hydrogens (tertiary/aromatic N) is 1. The van der Waals surface area contributed by atoms with Gasteiger partial charge in [0.1, 0.15) is 0 Å². The van der Waals surface area contributed by atoms with Gasteiger partial charge in [-0.2, -0.15) is 13.2 Å². The van der Waals surface area contributed by atoms with Crippen LogP contribution in [0.4, 0.5) is 18.9 Å². The van der Waals surface area contributed by atoms with Crippen LogP contribution >= 0.6 is 24.8 Å². The zero-order valence-electron chi connectivity index (χ0n) is 11.8. The first kappa shape index (κ1) is 20.3. The maximum absolute atomic E-state index is 12.6. The first-order valence-corrected chi connectivity index (χ1v) is 6.55. The molecule has 1 aliphatic rings. The van der Waals surface area contributed by atoms with E-state index in [0.717, 1.165) is 11.3 Å². The van der Waals surface area contributed by atoms with Gasteiger partial charge >= 0.3 is 6.18 Å². The lowest BCUT2D eigenvalue weighted by Crippen LogP contribution is -2.39. The van der Waals surface area contributed by atoms with E-state index in [0.29, 0.717) is 13.1 Å². The second-order valence-corrected chi connectivity index (χ2v) is 5.18.